The van der Waals surface area contributed by atoms with E-state index in [1.54, 1.807) is 13.8 Å². The van der Waals surface area contributed by atoms with Crippen LogP contribution in [0.1, 0.15) is 25.5 Å². The highest BCUT2D eigenvalue weighted by atomic mass is 19.1. The highest BCUT2D eigenvalue weighted by molar-refractivity contribution is 5.73. The maximum atomic E-state index is 13.6. The molecule has 0 bridgehead atoms. The summed E-state index contributed by atoms with van der Waals surface area (Å²) in [4.78, 5) is 11.6. The molecule has 2 unspecified atom stereocenters. The summed E-state index contributed by atoms with van der Waals surface area (Å²) in [7, 11) is 1.24. The van der Waals surface area contributed by atoms with Gasteiger partial charge in [-0.05, 0) is 24.1 Å². The van der Waals surface area contributed by atoms with E-state index in [1.165, 1.54) is 7.11 Å². The average molecular weight is 257 g/mol. The molecule has 2 atom stereocenters. The number of hydrogen-bond donors (Lipinski definition) is 1. The van der Waals surface area contributed by atoms with Crippen molar-refractivity contribution in [3.63, 3.8) is 0 Å². The molecule has 0 radical (unpaired) electrons. The SMILES string of the molecule is COC(=O)C(C(C)C)C(N)c1cc(F)ccc1F. The summed E-state index contributed by atoms with van der Waals surface area (Å²) in [5.41, 5.74) is 5.86. The zero-order valence-electron chi connectivity index (χ0n) is 10.6. The number of carbonyl (C=O) groups excluding carboxylic acids is 1. The molecule has 2 N–H and O–H groups in total. The van der Waals surface area contributed by atoms with Crippen LogP contribution >= 0.6 is 0 Å². The molecule has 0 aliphatic carbocycles. The zero-order valence-corrected chi connectivity index (χ0v) is 10.6. The molecule has 0 heterocycles. The fraction of sp³-hybridized carbons (Fsp3) is 0.462. The first-order valence-electron chi connectivity index (χ1n) is 5.66. The topological polar surface area (TPSA) is 52.3 Å². The van der Waals surface area contributed by atoms with Gasteiger partial charge in [-0.15, -0.1) is 0 Å². The third-order valence-electron chi connectivity index (χ3n) is 2.90. The van der Waals surface area contributed by atoms with Crippen molar-refractivity contribution in [2.75, 3.05) is 7.11 Å². The van der Waals surface area contributed by atoms with Crippen LogP contribution in [0.25, 0.3) is 0 Å². The largest absolute Gasteiger partial charge is 0.469 e. The minimum absolute atomic E-state index is 0.0147. The van der Waals surface area contributed by atoms with Crippen LogP contribution in [0.15, 0.2) is 18.2 Å². The Kier molecular flexibility index (Phi) is 4.78. The third kappa shape index (κ3) is 3.04. The van der Waals surface area contributed by atoms with Crippen molar-refractivity contribution in [1.29, 1.82) is 0 Å². The lowest BCUT2D eigenvalue weighted by atomic mass is 9.85. The van der Waals surface area contributed by atoms with Gasteiger partial charge in [0.2, 0.25) is 0 Å². The van der Waals surface area contributed by atoms with Crippen molar-refractivity contribution in [1.82, 2.24) is 0 Å². The molecule has 0 aliphatic heterocycles. The lowest BCUT2D eigenvalue weighted by Crippen LogP contribution is -2.33. The van der Waals surface area contributed by atoms with Gasteiger partial charge in [0.25, 0.3) is 0 Å². The number of ether oxygens (including phenoxy) is 1. The van der Waals surface area contributed by atoms with Crippen molar-refractivity contribution in [2.45, 2.75) is 19.9 Å². The number of esters is 1. The van der Waals surface area contributed by atoms with E-state index < -0.39 is 29.6 Å². The summed E-state index contributed by atoms with van der Waals surface area (Å²) in [6.07, 6.45) is 0. The van der Waals surface area contributed by atoms with Crippen molar-refractivity contribution in [3.05, 3.63) is 35.4 Å². The first-order valence-corrected chi connectivity index (χ1v) is 5.66. The number of nitrogens with two attached hydrogens (primary N) is 1. The van der Waals surface area contributed by atoms with Crippen LogP contribution in [-0.2, 0) is 9.53 Å². The van der Waals surface area contributed by atoms with E-state index in [1.807, 2.05) is 0 Å². The molecule has 0 spiro atoms. The molecule has 5 heteroatoms. The smallest absolute Gasteiger partial charge is 0.310 e. The van der Waals surface area contributed by atoms with Gasteiger partial charge in [-0.1, -0.05) is 13.8 Å². The molecular weight excluding hydrogens is 240 g/mol. The molecule has 18 heavy (non-hydrogen) atoms. The molecule has 0 saturated carbocycles. The average Bonchev–Trinajstić information content (AvgIpc) is 2.31. The second kappa shape index (κ2) is 5.91. The first kappa shape index (κ1) is 14.6. The summed E-state index contributed by atoms with van der Waals surface area (Å²) in [5.74, 6) is -2.60. The molecule has 1 aromatic rings. The molecule has 1 aromatic carbocycles. The minimum atomic E-state index is -0.937. The normalized spacial score (nSPS) is 14.4. The predicted octanol–water partition coefficient (Wildman–Crippen LogP) is 2.41. The Hall–Kier alpha value is -1.49. The highest BCUT2D eigenvalue weighted by Crippen LogP contribution is 2.29. The van der Waals surface area contributed by atoms with Gasteiger partial charge >= 0.3 is 5.97 Å². The Bertz CT molecular complexity index is 435. The molecule has 0 amide bonds. The van der Waals surface area contributed by atoms with E-state index in [2.05, 4.69) is 4.74 Å². The Morgan fingerprint density at radius 1 is 1.33 bits per heavy atom. The number of carbonyl (C=O) groups is 1. The number of methoxy groups -OCH3 is 1. The maximum absolute atomic E-state index is 13.6. The number of hydrogen-bond acceptors (Lipinski definition) is 3. The Morgan fingerprint density at radius 2 is 1.94 bits per heavy atom. The highest BCUT2D eigenvalue weighted by Gasteiger charge is 2.32. The molecule has 100 valence electrons. The van der Waals surface area contributed by atoms with Crippen LogP contribution in [0.3, 0.4) is 0 Å². The lowest BCUT2D eigenvalue weighted by molar-refractivity contribution is -0.148. The van der Waals surface area contributed by atoms with Crippen LogP contribution in [0, 0.1) is 23.5 Å². The second-order valence-electron chi connectivity index (χ2n) is 4.48. The van der Waals surface area contributed by atoms with Crippen molar-refractivity contribution < 1.29 is 18.3 Å². The lowest BCUT2D eigenvalue weighted by Gasteiger charge is -2.25. The van der Waals surface area contributed by atoms with E-state index >= 15 is 0 Å². The van der Waals surface area contributed by atoms with Gasteiger partial charge in [0.05, 0.1) is 13.0 Å². The molecule has 0 aliphatic rings. The molecular formula is C13H17F2NO2. The molecule has 0 saturated heterocycles. The van der Waals surface area contributed by atoms with Gasteiger partial charge in [-0.25, -0.2) is 8.78 Å². The van der Waals surface area contributed by atoms with Crippen LogP contribution in [0.2, 0.25) is 0 Å². The standard InChI is InChI=1S/C13H17F2NO2/c1-7(2)11(13(17)18-3)12(16)9-6-8(14)4-5-10(9)15/h4-7,11-12H,16H2,1-3H3. The Balaban J connectivity index is 3.13. The van der Waals surface area contributed by atoms with Crippen LogP contribution in [0.5, 0.6) is 0 Å². The zero-order chi connectivity index (χ0) is 13.9. The molecule has 3 nitrogen and oxygen atoms in total. The van der Waals surface area contributed by atoms with Gasteiger partial charge in [-0.2, -0.15) is 0 Å². The predicted molar refractivity (Wildman–Crippen MR) is 63.6 cm³/mol. The summed E-state index contributed by atoms with van der Waals surface area (Å²) in [6, 6.07) is 2.08. The van der Waals surface area contributed by atoms with Gasteiger partial charge in [0.15, 0.2) is 0 Å². The van der Waals surface area contributed by atoms with Gasteiger partial charge in [-0.3, -0.25) is 4.79 Å². The summed E-state index contributed by atoms with van der Waals surface area (Å²) >= 11 is 0. The summed E-state index contributed by atoms with van der Waals surface area (Å²) < 4.78 is 31.4. The monoisotopic (exact) mass is 257 g/mol. The maximum Gasteiger partial charge on any atom is 0.310 e. The molecule has 1 rings (SSSR count). The van der Waals surface area contributed by atoms with Crippen molar-refractivity contribution >= 4 is 5.97 Å². The fourth-order valence-electron chi connectivity index (χ4n) is 1.93. The van der Waals surface area contributed by atoms with Crippen LogP contribution in [-0.4, -0.2) is 13.1 Å². The number of rotatable bonds is 4. The number of benzene rings is 1. The van der Waals surface area contributed by atoms with E-state index in [0.717, 1.165) is 18.2 Å². The minimum Gasteiger partial charge on any atom is -0.469 e. The van der Waals surface area contributed by atoms with Gasteiger partial charge in [0, 0.05) is 11.6 Å². The van der Waals surface area contributed by atoms with Crippen LogP contribution in [0.4, 0.5) is 8.78 Å². The molecule has 0 aromatic heterocycles. The van der Waals surface area contributed by atoms with E-state index in [9.17, 15) is 13.6 Å². The molecule has 0 fully saturated rings. The van der Waals surface area contributed by atoms with E-state index in [0.29, 0.717) is 0 Å². The van der Waals surface area contributed by atoms with E-state index in [-0.39, 0.29) is 11.5 Å². The van der Waals surface area contributed by atoms with Gasteiger partial charge < -0.3 is 10.5 Å². The summed E-state index contributed by atoms with van der Waals surface area (Å²) in [6.45, 7) is 3.55. The van der Waals surface area contributed by atoms with Gasteiger partial charge in [0.1, 0.15) is 11.6 Å². The fourth-order valence-corrected chi connectivity index (χ4v) is 1.93. The number of halogens is 2. The van der Waals surface area contributed by atoms with Crippen LogP contribution < -0.4 is 5.73 Å². The quantitative estimate of drug-likeness (QED) is 0.843. The second-order valence-corrected chi connectivity index (χ2v) is 4.48. The van der Waals surface area contributed by atoms with Crippen molar-refractivity contribution in [3.8, 4) is 0 Å². The Labute approximate surface area is 105 Å². The Morgan fingerprint density at radius 3 is 2.44 bits per heavy atom. The van der Waals surface area contributed by atoms with E-state index in [4.69, 9.17) is 5.73 Å². The third-order valence-corrected chi connectivity index (χ3v) is 2.90. The summed E-state index contributed by atoms with van der Waals surface area (Å²) in [5, 5.41) is 0. The van der Waals surface area contributed by atoms with Crippen molar-refractivity contribution in [2.24, 2.45) is 17.6 Å². The first-order chi connectivity index (χ1) is 8.38.